The maximum Gasteiger partial charge on any atom is 0.184 e. The van der Waals surface area contributed by atoms with Gasteiger partial charge in [-0.3, -0.25) is 0 Å². The molecule has 0 spiro atoms. The van der Waals surface area contributed by atoms with E-state index in [0.29, 0.717) is 0 Å². The quantitative estimate of drug-likeness (QED) is 0.502. The molecule has 2 heterocycles. The lowest BCUT2D eigenvalue weighted by atomic mass is 10.1. The second-order valence-electron chi connectivity index (χ2n) is 4.34. The average molecular weight is 220 g/mol. The van der Waals surface area contributed by atoms with Gasteiger partial charge in [-0.1, -0.05) is 0 Å². The number of ether oxygens (including phenoxy) is 3. The minimum atomic E-state index is -1.36. The molecule has 6 nitrogen and oxygen atoms in total. The van der Waals surface area contributed by atoms with Gasteiger partial charge in [0.15, 0.2) is 12.1 Å². The smallest absolute Gasteiger partial charge is 0.184 e. The van der Waals surface area contributed by atoms with Crippen LogP contribution in [-0.4, -0.2) is 58.4 Å². The maximum atomic E-state index is 9.59. The predicted octanol–water partition coefficient (Wildman–Crippen LogP) is -1.42. The molecular formula is C9H16O6. The van der Waals surface area contributed by atoms with Gasteiger partial charge in [-0.2, -0.15) is 0 Å². The van der Waals surface area contributed by atoms with Crippen LogP contribution in [0.4, 0.5) is 0 Å². The molecule has 2 rings (SSSR count). The third-order valence-corrected chi connectivity index (χ3v) is 2.67. The summed E-state index contributed by atoms with van der Waals surface area (Å²) in [6.45, 7) is 3.77. The Hall–Kier alpha value is -0.240. The van der Waals surface area contributed by atoms with Crippen molar-refractivity contribution in [2.75, 3.05) is 6.61 Å². The first-order chi connectivity index (χ1) is 6.91. The first kappa shape index (κ1) is 11.3. The summed E-state index contributed by atoms with van der Waals surface area (Å²) >= 11 is 0. The molecule has 15 heavy (non-hydrogen) atoms. The summed E-state index contributed by atoms with van der Waals surface area (Å²) in [5.74, 6) is -0.716. The highest BCUT2D eigenvalue weighted by Gasteiger charge is 2.49. The molecule has 2 saturated heterocycles. The normalized spacial score (nSPS) is 49.8. The topological polar surface area (TPSA) is 88.4 Å². The molecule has 0 saturated carbocycles. The Morgan fingerprint density at radius 1 is 1.13 bits per heavy atom. The Kier molecular flexibility index (Phi) is 2.74. The van der Waals surface area contributed by atoms with Crippen LogP contribution in [0.25, 0.3) is 0 Å². The largest absolute Gasteiger partial charge is 0.387 e. The summed E-state index contributed by atoms with van der Waals surface area (Å²) in [6.07, 6.45) is -5.03. The standard InChI is InChI=1S/C9H16O6/c1-9(2)13-3-4(15-9)7-5(10)6(11)8(12)14-7/h4-8,10-12H,3H2,1-2H3/t4-,5-,6-,7+,8-/m1/s1. The fourth-order valence-corrected chi connectivity index (χ4v) is 1.87. The maximum absolute atomic E-state index is 9.59. The first-order valence-electron chi connectivity index (χ1n) is 4.92. The second-order valence-corrected chi connectivity index (χ2v) is 4.34. The van der Waals surface area contributed by atoms with Crippen LogP contribution in [0.2, 0.25) is 0 Å². The van der Waals surface area contributed by atoms with E-state index in [1.54, 1.807) is 13.8 Å². The summed E-state index contributed by atoms with van der Waals surface area (Å²) in [4.78, 5) is 0. The van der Waals surface area contributed by atoms with Crippen molar-refractivity contribution in [1.29, 1.82) is 0 Å². The van der Waals surface area contributed by atoms with Crippen LogP contribution in [0, 0.1) is 0 Å². The molecule has 3 N–H and O–H groups in total. The fraction of sp³-hybridized carbons (Fsp3) is 1.00. The molecule has 2 fully saturated rings. The first-order valence-corrected chi connectivity index (χ1v) is 4.92. The zero-order chi connectivity index (χ0) is 11.2. The molecular weight excluding hydrogens is 204 g/mol. The van der Waals surface area contributed by atoms with Crippen LogP contribution < -0.4 is 0 Å². The van der Waals surface area contributed by atoms with Crippen molar-refractivity contribution < 1.29 is 29.5 Å². The number of hydrogen-bond donors (Lipinski definition) is 3. The van der Waals surface area contributed by atoms with E-state index < -0.39 is 36.5 Å². The van der Waals surface area contributed by atoms with Crippen molar-refractivity contribution in [1.82, 2.24) is 0 Å². The van der Waals surface area contributed by atoms with E-state index in [0.717, 1.165) is 0 Å². The van der Waals surface area contributed by atoms with E-state index in [9.17, 15) is 15.3 Å². The molecule has 0 aliphatic carbocycles. The number of rotatable bonds is 1. The summed E-state index contributed by atoms with van der Waals surface area (Å²) < 4.78 is 15.8. The second kappa shape index (κ2) is 3.65. The highest BCUT2D eigenvalue weighted by Crippen LogP contribution is 2.31. The Morgan fingerprint density at radius 2 is 1.80 bits per heavy atom. The van der Waals surface area contributed by atoms with Crippen molar-refractivity contribution in [3.63, 3.8) is 0 Å². The molecule has 0 bridgehead atoms. The van der Waals surface area contributed by atoms with Gasteiger partial charge in [-0.15, -0.1) is 0 Å². The lowest BCUT2D eigenvalue weighted by Crippen LogP contribution is -2.40. The third-order valence-electron chi connectivity index (χ3n) is 2.67. The van der Waals surface area contributed by atoms with Crippen molar-refractivity contribution in [3.8, 4) is 0 Å². The number of aliphatic hydroxyl groups is 3. The number of hydrogen-bond acceptors (Lipinski definition) is 6. The summed E-state index contributed by atoms with van der Waals surface area (Å²) in [6, 6.07) is 0. The molecule has 0 aromatic carbocycles. The molecule has 5 atom stereocenters. The summed E-state index contributed by atoms with van der Waals surface area (Å²) in [7, 11) is 0. The molecule has 0 aromatic heterocycles. The molecule has 2 aliphatic rings. The molecule has 6 heteroatoms. The Morgan fingerprint density at radius 3 is 2.20 bits per heavy atom. The fourth-order valence-electron chi connectivity index (χ4n) is 1.87. The van der Waals surface area contributed by atoms with Gasteiger partial charge in [0.05, 0.1) is 6.61 Å². The minimum Gasteiger partial charge on any atom is -0.387 e. The zero-order valence-corrected chi connectivity index (χ0v) is 8.66. The van der Waals surface area contributed by atoms with E-state index in [1.165, 1.54) is 0 Å². The Bertz CT molecular complexity index is 243. The third kappa shape index (κ3) is 2.01. The number of aliphatic hydroxyl groups excluding tert-OH is 3. The van der Waals surface area contributed by atoms with Gasteiger partial charge in [-0.25, -0.2) is 0 Å². The Balaban J connectivity index is 2.01. The lowest BCUT2D eigenvalue weighted by Gasteiger charge is -2.22. The van der Waals surface area contributed by atoms with Crippen LogP contribution in [0.15, 0.2) is 0 Å². The van der Waals surface area contributed by atoms with E-state index in [1.807, 2.05) is 0 Å². The van der Waals surface area contributed by atoms with Gasteiger partial charge in [0, 0.05) is 0 Å². The summed E-state index contributed by atoms with van der Waals surface area (Å²) in [5, 5.41) is 28.1. The average Bonchev–Trinajstić information content (AvgIpc) is 2.62. The monoisotopic (exact) mass is 220 g/mol. The summed E-state index contributed by atoms with van der Waals surface area (Å²) in [5.41, 5.74) is 0. The molecule has 2 aliphatic heterocycles. The van der Waals surface area contributed by atoms with Gasteiger partial charge in [0.2, 0.25) is 0 Å². The Labute approximate surface area is 87.4 Å². The van der Waals surface area contributed by atoms with Gasteiger partial charge in [0.25, 0.3) is 0 Å². The predicted molar refractivity (Wildman–Crippen MR) is 47.8 cm³/mol. The van der Waals surface area contributed by atoms with Gasteiger partial charge in [-0.05, 0) is 13.8 Å². The molecule has 0 radical (unpaired) electrons. The van der Waals surface area contributed by atoms with Crippen molar-refractivity contribution >= 4 is 0 Å². The van der Waals surface area contributed by atoms with Crippen LogP contribution in [0.3, 0.4) is 0 Å². The van der Waals surface area contributed by atoms with Crippen molar-refractivity contribution in [3.05, 3.63) is 0 Å². The van der Waals surface area contributed by atoms with E-state index >= 15 is 0 Å². The van der Waals surface area contributed by atoms with Crippen molar-refractivity contribution in [2.24, 2.45) is 0 Å². The molecule has 0 unspecified atom stereocenters. The van der Waals surface area contributed by atoms with Gasteiger partial charge < -0.3 is 29.5 Å². The van der Waals surface area contributed by atoms with E-state index in [-0.39, 0.29) is 6.61 Å². The lowest BCUT2D eigenvalue weighted by molar-refractivity contribution is -0.177. The molecule has 88 valence electrons. The van der Waals surface area contributed by atoms with Gasteiger partial charge in [0.1, 0.15) is 24.4 Å². The highest BCUT2D eigenvalue weighted by atomic mass is 16.8. The highest BCUT2D eigenvalue weighted by molar-refractivity contribution is 4.93. The molecule has 0 amide bonds. The van der Waals surface area contributed by atoms with Crippen LogP contribution >= 0.6 is 0 Å². The van der Waals surface area contributed by atoms with Crippen molar-refractivity contribution in [2.45, 2.75) is 50.3 Å². The molecule has 0 aromatic rings. The van der Waals surface area contributed by atoms with E-state index in [2.05, 4.69) is 0 Å². The van der Waals surface area contributed by atoms with Crippen LogP contribution in [-0.2, 0) is 14.2 Å². The zero-order valence-electron chi connectivity index (χ0n) is 8.66. The van der Waals surface area contributed by atoms with Crippen LogP contribution in [0.5, 0.6) is 0 Å². The van der Waals surface area contributed by atoms with E-state index in [4.69, 9.17) is 14.2 Å². The minimum absolute atomic E-state index is 0.272. The SMILES string of the molecule is CC1(C)OC[C@H]([C@@H]2O[C@@H](O)[C@H](O)[C@H]2O)O1. The van der Waals surface area contributed by atoms with Crippen LogP contribution in [0.1, 0.15) is 13.8 Å². The van der Waals surface area contributed by atoms with Gasteiger partial charge >= 0.3 is 0 Å².